The summed E-state index contributed by atoms with van der Waals surface area (Å²) in [5.41, 5.74) is 0.513. The van der Waals surface area contributed by atoms with E-state index >= 15 is 0 Å². The normalized spacial score (nSPS) is 15.4. The van der Waals surface area contributed by atoms with Gasteiger partial charge >= 0.3 is 0 Å². The van der Waals surface area contributed by atoms with Crippen LogP contribution in [0.15, 0.2) is 65.6 Å². The minimum atomic E-state index is -3.69. The summed E-state index contributed by atoms with van der Waals surface area (Å²) < 4.78 is 48.4. The second kappa shape index (κ2) is 9.24. The van der Waals surface area contributed by atoms with Crippen molar-refractivity contribution in [2.45, 2.75) is 24.7 Å². The number of rotatable bonds is 7. The van der Waals surface area contributed by atoms with Crippen LogP contribution < -0.4 is 9.64 Å². The highest BCUT2D eigenvalue weighted by Crippen LogP contribution is 2.33. The van der Waals surface area contributed by atoms with Gasteiger partial charge in [0, 0.05) is 37.0 Å². The monoisotopic (exact) mass is 442 g/mol. The number of piperazine rings is 1. The topological polar surface area (TPSA) is 49.9 Å². The van der Waals surface area contributed by atoms with Crippen LogP contribution in [0, 0.1) is 5.82 Å². The number of fused-ring (bicyclic) bond motifs is 1. The fourth-order valence-corrected chi connectivity index (χ4v) is 5.56. The molecule has 0 radical (unpaired) electrons. The standard InChI is InChI=1S/C24H27FN2O3S/c1-2-3-18-30-23-12-13-24(20-9-5-4-8-19(20)23)31(28,29)27-16-14-26(15-17-27)22-11-7-6-10-21(22)25/h4-13H,2-3,14-18H2,1H3. The summed E-state index contributed by atoms with van der Waals surface area (Å²) in [4.78, 5) is 2.18. The summed E-state index contributed by atoms with van der Waals surface area (Å²) in [6.45, 7) is 4.19. The number of ether oxygens (including phenoxy) is 1. The van der Waals surface area contributed by atoms with Gasteiger partial charge in [0.2, 0.25) is 10.0 Å². The lowest BCUT2D eigenvalue weighted by atomic mass is 10.1. The molecule has 0 bridgehead atoms. The smallest absolute Gasteiger partial charge is 0.243 e. The minimum Gasteiger partial charge on any atom is -0.493 e. The highest BCUT2D eigenvalue weighted by molar-refractivity contribution is 7.89. The molecule has 7 heteroatoms. The molecule has 0 atom stereocenters. The predicted octanol–water partition coefficient (Wildman–Crippen LogP) is 4.67. The molecular weight excluding hydrogens is 415 g/mol. The molecule has 1 aliphatic heterocycles. The third-order valence-corrected chi connectivity index (χ3v) is 7.61. The van der Waals surface area contributed by atoms with E-state index in [0.29, 0.717) is 49.6 Å². The van der Waals surface area contributed by atoms with Crippen molar-refractivity contribution in [3.05, 3.63) is 66.5 Å². The van der Waals surface area contributed by atoms with Crippen LogP contribution in [-0.4, -0.2) is 45.5 Å². The fourth-order valence-electron chi connectivity index (χ4n) is 3.94. The highest BCUT2D eigenvalue weighted by Gasteiger charge is 2.30. The van der Waals surface area contributed by atoms with Gasteiger partial charge in [-0.25, -0.2) is 12.8 Å². The highest BCUT2D eigenvalue weighted by atomic mass is 32.2. The Morgan fingerprint density at radius 3 is 2.29 bits per heavy atom. The Hall–Kier alpha value is -2.64. The lowest BCUT2D eigenvalue weighted by Crippen LogP contribution is -2.48. The molecule has 1 aliphatic rings. The Balaban J connectivity index is 1.58. The molecule has 1 fully saturated rings. The SMILES string of the molecule is CCCCOc1ccc(S(=O)(=O)N2CCN(c3ccccc3F)CC2)c2ccccc12. The Morgan fingerprint density at radius 1 is 0.903 bits per heavy atom. The predicted molar refractivity (Wildman–Crippen MR) is 122 cm³/mol. The Kier molecular flexibility index (Phi) is 6.43. The molecule has 1 saturated heterocycles. The molecule has 164 valence electrons. The van der Waals surface area contributed by atoms with Crippen LogP contribution >= 0.6 is 0 Å². The molecule has 3 aromatic carbocycles. The van der Waals surface area contributed by atoms with Crippen molar-refractivity contribution in [2.75, 3.05) is 37.7 Å². The third kappa shape index (κ3) is 4.38. The van der Waals surface area contributed by atoms with Gasteiger partial charge in [0.05, 0.1) is 17.2 Å². The molecule has 0 saturated carbocycles. The largest absolute Gasteiger partial charge is 0.493 e. The minimum absolute atomic E-state index is 0.283. The number of anilines is 1. The van der Waals surface area contributed by atoms with Gasteiger partial charge in [-0.1, -0.05) is 49.7 Å². The van der Waals surface area contributed by atoms with Crippen LogP contribution in [-0.2, 0) is 10.0 Å². The first-order valence-corrected chi connectivity index (χ1v) is 12.1. The van der Waals surface area contributed by atoms with E-state index in [-0.39, 0.29) is 10.7 Å². The molecule has 0 N–H and O–H groups in total. The van der Waals surface area contributed by atoms with Crippen LogP contribution in [0.25, 0.3) is 10.8 Å². The summed E-state index contributed by atoms with van der Waals surface area (Å²) in [5.74, 6) is 0.413. The molecule has 1 heterocycles. The lowest BCUT2D eigenvalue weighted by Gasteiger charge is -2.35. The zero-order valence-electron chi connectivity index (χ0n) is 17.6. The maximum absolute atomic E-state index is 14.1. The maximum Gasteiger partial charge on any atom is 0.243 e. The number of benzene rings is 3. The number of hydrogen-bond donors (Lipinski definition) is 0. The molecule has 0 aliphatic carbocycles. The zero-order chi connectivity index (χ0) is 21.8. The first kappa shape index (κ1) is 21.6. The summed E-state index contributed by atoms with van der Waals surface area (Å²) in [5, 5.41) is 1.46. The van der Waals surface area contributed by atoms with E-state index in [1.807, 2.05) is 29.2 Å². The van der Waals surface area contributed by atoms with E-state index < -0.39 is 10.0 Å². The van der Waals surface area contributed by atoms with Gasteiger partial charge in [0.15, 0.2) is 0 Å². The summed E-state index contributed by atoms with van der Waals surface area (Å²) >= 11 is 0. The van der Waals surface area contributed by atoms with E-state index in [9.17, 15) is 12.8 Å². The van der Waals surface area contributed by atoms with Gasteiger partial charge in [-0.05, 0) is 30.7 Å². The molecular formula is C24H27FN2O3S. The average Bonchev–Trinajstić information content (AvgIpc) is 2.79. The van der Waals surface area contributed by atoms with E-state index in [0.717, 1.165) is 18.2 Å². The first-order valence-electron chi connectivity index (χ1n) is 10.7. The van der Waals surface area contributed by atoms with Crippen LogP contribution in [0.2, 0.25) is 0 Å². The molecule has 3 aromatic rings. The van der Waals surface area contributed by atoms with Crippen molar-refractivity contribution < 1.29 is 17.5 Å². The van der Waals surface area contributed by atoms with Gasteiger partial charge < -0.3 is 9.64 Å². The Morgan fingerprint density at radius 2 is 1.58 bits per heavy atom. The second-order valence-corrected chi connectivity index (χ2v) is 9.56. The van der Waals surface area contributed by atoms with E-state index in [1.54, 1.807) is 30.3 Å². The summed E-state index contributed by atoms with van der Waals surface area (Å²) in [7, 11) is -3.69. The van der Waals surface area contributed by atoms with E-state index in [1.165, 1.54) is 10.4 Å². The van der Waals surface area contributed by atoms with Gasteiger partial charge in [0.1, 0.15) is 11.6 Å². The van der Waals surface area contributed by atoms with Crippen molar-refractivity contribution in [1.82, 2.24) is 4.31 Å². The number of sulfonamides is 1. The first-order chi connectivity index (χ1) is 15.0. The molecule has 0 aromatic heterocycles. The quantitative estimate of drug-likeness (QED) is 0.499. The average molecular weight is 443 g/mol. The third-order valence-electron chi connectivity index (χ3n) is 5.65. The van der Waals surface area contributed by atoms with Gasteiger partial charge in [-0.2, -0.15) is 4.31 Å². The molecule has 4 rings (SSSR count). The second-order valence-electron chi connectivity index (χ2n) is 7.65. The zero-order valence-corrected chi connectivity index (χ0v) is 18.4. The number of halogens is 1. The number of unbranched alkanes of at least 4 members (excludes halogenated alkanes) is 1. The maximum atomic E-state index is 14.1. The van der Waals surface area contributed by atoms with Gasteiger partial charge in [0.25, 0.3) is 0 Å². The van der Waals surface area contributed by atoms with E-state index in [4.69, 9.17) is 4.74 Å². The summed E-state index contributed by atoms with van der Waals surface area (Å²) in [6.07, 6.45) is 1.98. The number of nitrogens with zero attached hydrogens (tertiary/aromatic N) is 2. The van der Waals surface area contributed by atoms with Crippen LogP contribution in [0.4, 0.5) is 10.1 Å². The lowest BCUT2D eigenvalue weighted by molar-refractivity contribution is 0.313. The van der Waals surface area contributed by atoms with Crippen LogP contribution in [0.5, 0.6) is 5.75 Å². The summed E-state index contributed by atoms with van der Waals surface area (Å²) in [6, 6.07) is 17.4. The van der Waals surface area contributed by atoms with Crippen molar-refractivity contribution >= 4 is 26.5 Å². The number of para-hydroxylation sites is 1. The van der Waals surface area contributed by atoms with Crippen molar-refractivity contribution in [1.29, 1.82) is 0 Å². The molecule has 0 amide bonds. The fraction of sp³-hybridized carbons (Fsp3) is 0.333. The molecule has 0 spiro atoms. The van der Waals surface area contributed by atoms with Crippen molar-refractivity contribution in [2.24, 2.45) is 0 Å². The van der Waals surface area contributed by atoms with Gasteiger partial charge in [-0.15, -0.1) is 0 Å². The van der Waals surface area contributed by atoms with Crippen molar-refractivity contribution in [3.63, 3.8) is 0 Å². The molecule has 5 nitrogen and oxygen atoms in total. The van der Waals surface area contributed by atoms with Crippen LogP contribution in [0.3, 0.4) is 0 Å². The molecule has 0 unspecified atom stereocenters. The van der Waals surface area contributed by atoms with Gasteiger partial charge in [-0.3, -0.25) is 0 Å². The molecule has 31 heavy (non-hydrogen) atoms. The Labute approximate surface area is 183 Å². The van der Waals surface area contributed by atoms with Crippen LogP contribution in [0.1, 0.15) is 19.8 Å². The van der Waals surface area contributed by atoms with E-state index in [2.05, 4.69) is 6.92 Å². The Bertz CT molecular complexity index is 1160. The number of hydrogen-bond acceptors (Lipinski definition) is 4. The van der Waals surface area contributed by atoms with Crippen molar-refractivity contribution in [3.8, 4) is 5.75 Å².